The van der Waals surface area contributed by atoms with E-state index >= 15 is 0 Å². The first-order valence-corrected chi connectivity index (χ1v) is 14.3. The normalized spacial score (nSPS) is 11.8. The monoisotopic (exact) mass is 563 g/mol. The van der Waals surface area contributed by atoms with Crippen molar-refractivity contribution in [3.8, 4) is 11.1 Å². The number of hydrogen-bond donors (Lipinski definition) is 0. The predicted octanol–water partition coefficient (Wildman–Crippen LogP) is 6.46. The van der Waals surface area contributed by atoms with Crippen LogP contribution in [0.2, 0.25) is 5.21 Å². The summed E-state index contributed by atoms with van der Waals surface area (Å²) in [6.07, 6.45) is 2.62. The Labute approximate surface area is 218 Å². The fraction of sp³-hybridized carbons (Fsp3) is 0.0714. The number of hydrogen-bond acceptors (Lipinski definition) is 3. The van der Waals surface area contributed by atoms with Crippen molar-refractivity contribution in [3.05, 3.63) is 103 Å². The van der Waals surface area contributed by atoms with Gasteiger partial charge < -0.3 is 0 Å². The van der Waals surface area contributed by atoms with Gasteiger partial charge in [-0.15, -0.1) is 12.4 Å². The molecule has 0 aliphatic rings. The average Bonchev–Trinajstić information content (AvgIpc) is 3.43. The molecule has 0 spiro atoms. The predicted molar refractivity (Wildman–Crippen MR) is 148 cm³/mol. The summed E-state index contributed by atoms with van der Waals surface area (Å²) in [5.41, 5.74) is 5.45. The van der Waals surface area contributed by atoms with Crippen LogP contribution in [0.3, 0.4) is 0 Å². The summed E-state index contributed by atoms with van der Waals surface area (Å²) >= 11 is 1.63. The number of rotatable bonds is 5. The standard InChI is InChI=1S/C28H22AsNO3S.ClH/c29-16-15-20-18-30(34(31,32)21-7-2-1-3-8-21)26-14-13-19(17-25(20)26)22-10-6-11-24-23-9-4-5-12-27(23)33-28(22)24;/h1-14,17-18H,15-16,29H2;1H. The van der Waals surface area contributed by atoms with E-state index in [9.17, 15) is 8.42 Å². The van der Waals surface area contributed by atoms with Crippen LogP contribution < -0.4 is 0 Å². The Morgan fingerprint density at radius 2 is 1.54 bits per heavy atom. The van der Waals surface area contributed by atoms with E-state index in [0.29, 0.717) is 5.52 Å². The Balaban J connectivity index is 0.00000253. The minimum absolute atomic E-state index is 0. The van der Waals surface area contributed by atoms with Crippen molar-refractivity contribution in [1.29, 1.82) is 0 Å². The number of aryl methyl sites for hydroxylation is 1. The second-order valence-corrected chi connectivity index (χ2v) is 11.3. The topological polar surface area (TPSA) is 52.2 Å². The number of furan rings is 1. The summed E-state index contributed by atoms with van der Waals surface area (Å²) in [4.78, 5) is 0.287. The summed E-state index contributed by atoms with van der Waals surface area (Å²) in [6, 6.07) is 28.8. The van der Waals surface area contributed by atoms with Gasteiger partial charge in [-0.2, -0.15) is 0 Å². The van der Waals surface area contributed by atoms with Gasteiger partial charge in [-0.1, -0.05) is 0 Å². The van der Waals surface area contributed by atoms with Gasteiger partial charge in [0.25, 0.3) is 0 Å². The molecule has 0 N–H and O–H groups in total. The number of halogens is 1. The van der Waals surface area contributed by atoms with Crippen LogP contribution in [0, 0.1) is 0 Å². The molecule has 0 amide bonds. The summed E-state index contributed by atoms with van der Waals surface area (Å²) in [5, 5.41) is 4.12. The van der Waals surface area contributed by atoms with Crippen LogP contribution in [0.4, 0.5) is 0 Å². The van der Waals surface area contributed by atoms with E-state index in [4.69, 9.17) is 4.42 Å². The van der Waals surface area contributed by atoms with E-state index in [1.807, 2.05) is 42.5 Å². The molecular weight excluding hydrogens is 541 g/mol. The summed E-state index contributed by atoms with van der Waals surface area (Å²) in [5.74, 6) is 0. The van der Waals surface area contributed by atoms with Crippen molar-refractivity contribution in [2.75, 3.05) is 0 Å². The van der Waals surface area contributed by atoms with E-state index < -0.39 is 10.0 Å². The maximum atomic E-state index is 13.4. The number of benzene rings is 4. The van der Waals surface area contributed by atoms with E-state index in [1.165, 1.54) is 3.97 Å². The zero-order valence-corrected chi connectivity index (χ0v) is 22.8. The third-order valence-corrected chi connectivity index (χ3v) is 8.58. The molecule has 7 heteroatoms. The Bertz CT molecular complexity index is 1790. The molecule has 4 nitrogen and oxygen atoms in total. The van der Waals surface area contributed by atoms with Gasteiger partial charge in [0.1, 0.15) is 0 Å². The van der Waals surface area contributed by atoms with Crippen LogP contribution in [0.1, 0.15) is 5.56 Å². The molecular formula is C28H23AsClNO3S. The average molecular weight is 564 g/mol. The first kappa shape index (κ1) is 23.7. The number of fused-ring (bicyclic) bond motifs is 4. The summed E-state index contributed by atoms with van der Waals surface area (Å²) < 4.78 is 34.6. The Morgan fingerprint density at radius 1 is 0.800 bits per heavy atom. The SMILES string of the molecule is Cl.O=S(=O)(c1ccccc1)n1cc(CC[AsH2])c2cc(-c3cccc4c3oc3ccccc34)ccc21. The quantitative estimate of drug-likeness (QED) is 0.226. The molecule has 0 fully saturated rings. The van der Waals surface area contributed by atoms with Crippen LogP contribution in [-0.2, 0) is 16.4 Å². The number of para-hydroxylation sites is 2. The number of aromatic nitrogens is 1. The summed E-state index contributed by atoms with van der Waals surface area (Å²) in [6.45, 7) is 0. The van der Waals surface area contributed by atoms with E-state index in [2.05, 4.69) is 24.3 Å². The Hall–Kier alpha value is -2.98. The van der Waals surface area contributed by atoms with Gasteiger partial charge in [0, 0.05) is 0 Å². The molecule has 35 heavy (non-hydrogen) atoms. The Kier molecular flexibility index (Phi) is 6.26. The third-order valence-electron chi connectivity index (χ3n) is 6.28. The molecule has 1 unspecified atom stereocenters. The van der Waals surface area contributed by atoms with Crippen molar-refractivity contribution in [2.45, 2.75) is 16.5 Å². The second-order valence-electron chi connectivity index (χ2n) is 8.32. The molecule has 176 valence electrons. The minimum atomic E-state index is -3.69. The van der Waals surface area contributed by atoms with E-state index in [-0.39, 0.29) is 17.3 Å². The maximum absolute atomic E-state index is 13.4. The summed E-state index contributed by atoms with van der Waals surface area (Å²) in [7, 11) is -3.69. The van der Waals surface area contributed by atoms with Crippen molar-refractivity contribution < 1.29 is 12.8 Å². The molecule has 0 aliphatic carbocycles. The molecule has 0 saturated carbocycles. The number of nitrogens with zero attached hydrogens (tertiary/aromatic N) is 1. The third kappa shape index (κ3) is 3.88. The molecule has 2 aromatic heterocycles. The first-order valence-electron chi connectivity index (χ1n) is 11.1. The zero-order valence-electron chi connectivity index (χ0n) is 18.7. The van der Waals surface area contributed by atoms with Crippen LogP contribution >= 0.6 is 12.4 Å². The van der Waals surface area contributed by atoms with E-state index in [0.717, 1.165) is 55.6 Å². The molecule has 6 rings (SSSR count). The van der Waals surface area contributed by atoms with Gasteiger partial charge in [0.15, 0.2) is 0 Å². The first-order chi connectivity index (χ1) is 16.6. The van der Waals surface area contributed by atoms with Crippen LogP contribution in [0.5, 0.6) is 0 Å². The molecule has 1 atom stereocenters. The van der Waals surface area contributed by atoms with Crippen molar-refractivity contribution >= 4 is 72.1 Å². The second kappa shape index (κ2) is 9.23. The van der Waals surface area contributed by atoms with Gasteiger partial charge in [0.05, 0.1) is 0 Å². The van der Waals surface area contributed by atoms with Crippen molar-refractivity contribution in [3.63, 3.8) is 0 Å². The van der Waals surface area contributed by atoms with Crippen molar-refractivity contribution in [2.24, 2.45) is 0 Å². The van der Waals surface area contributed by atoms with Gasteiger partial charge in [0.2, 0.25) is 0 Å². The van der Waals surface area contributed by atoms with Crippen LogP contribution in [0.15, 0.2) is 107 Å². The fourth-order valence-electron chi connectivity index (χ4n) is 4.67. The van der Waals surface area contributed by atoms with Crippen molar-refractivity contribution in [1.82, 2.24) is 3.97 Å². The molecule has 0 bridgehead atoms. The van der Waals surface area contributed by atoms with Gasteiger partial charge in [-0.25, -0.2) is 0 Å². The molecule has 0 aliphatic heterocycles. The van der Waals surface area contributed by atoms with Gasteiger partial charge >= 0.3 is 207 Å². The van der Waals surface area contributed by atoms with Crippen LogP contribution in [-0.4, -0.2) is 29.2 Å². The molecule has 0 radical (unpaired) electrons. The molecule has 4 aromatic carbocycles. The van der Waals surface area contributed by atoms with Gasteiger partial charge in [-0.3, -0.25) is 0 Å². The zero-order chi connectivity index (χ0) is 23.3. The molecule has 2 heterocycles. The molecule has 6 aromatic rings. The Morgan fingerprint density at radius 3 is 2.34 bits per heavy atom. The van der Waals surface area contributed by atoms with Gasteiger partial charge in [-0.05, 0) is 0 Å². The van der Waals surface area contributed by atoms with E-state index in [1.54, 1.807) is 47.3 Å². The van der Waals surface area contributed by atoms with Crippen LogP contribution in [0.25, 0.3) is 44.0 Å². The molecule has 0 saturated heterocycles. The fourth-order valence-corrected chi connectivity index (χ4v) is 6.73.